The smallest absolute Gasteiger partial charge is 0.146 e. The van der Waals surface area contributed by atoms with E-state index < -0.39 is 0 Å². The van der Waals surface area contributed by atoms with E-state index in [0.29, 0.717) is 18.3 Å². The van der Waals surface area contributed by atoms with Crippen LogP contribution in [0, 0.1) is 5.92 Å². The molecule has 0 bridgehead atoms. The number of aliphatic hydroxyl groups is 1. The number of aromatic nitrogens is 1. The molecule has 0 spiro atoms. The van der Waals surface area contributed by atoms with Crippen molar-refractivity contribution in [2.75, 3.05) is 17.6 Å². The third-order valence-electron chi connectivity index (χ3n) is 2.51. The first-order valence-electron chi connectivity index (χ1n) is 4.90. The Kier molecular flexibility index (Phi) is 2.54. The standard InChI is InChI=1S/C10H15N3O/c11-10-8(2-1-5-12-10)13-6-9(14)7-3-4-7/h1-2,5,7,9,13-14H,3-4,6H2,(H2,11,12). The Morgan fingerprint density at radius 1 is 1.64 bits per heavy atom. The molecule has 76 valence electrons. The van der Waals surface area contributed by atoms with Crippen LogP contribution in [0.3, 0.4) is 0 Å². The molecule has 0 radical (unpaired) electrons. The average molecular weight is 193 g/mol. The summed E-state index contributed by atoms with van der Waals surface area (Å²) in [6.07, 6.45) is 3.68. The molecule has 1 aliphatic rings. The van der Waals surface area contributed by atoms with Gasteiger partial charge < -0.3 is 16.2 Å². The fourth-order valence-corrected chi connectivity index (χ4v) is 1.43. The van der Waals surface area contributed by atoms with Crippen molar-refractivity contribution in [2.24, 2.45) is 5.92 Å². The van der Waals surface area contributed by atoms with Crippen molar-refractivity contribution < 1.29 is 5.11 Å². The van der Waals surface area contributed by atoms with Gasteiger partial charge in [-0.3, -0.25) is 0 Å². The lowest BCUT2D eigenvalue weighted by Crippen LogP contribution is -2.21. The molecule has 14 heavy (non-hydrogen) atoms. The Bertz CT molecular complexity index is 312. The summed E-state index contributed by atoms with van der Waals surface area (Å²) in [6.45, 7) is 0.556. The number of anilines is 2. The summed E-state index contributed by atoms with van der Waals surface area (Å²) >= 11 is 0. The fourth-order valence-electron chi connectivity index (χ4n) is 1.43. The van der Waals surface area contributed by atoms with Crippen molar-refractivity contribution >= 4 is 11.5 Å². The lowest BCUT2D eigenvalue weighted by Gasteiger charge is -2.12. The number of nitrogens with two attached hydrogens (primary N) is 1. The van der Waals surface area contributed by atoms with Crippen molar-refractivity contribution in [1.82, 2.24) is 4.98 Å². The highest BCUT2D eigenvalue weighted by molar-refractivity contribution is 5.60. The van der Waals surface area contributed by atoms with Crippen LogP contribution in [-0.2, 0) is 0 Å². The van der Waals surface area contributed by atoms with Gasteiger partial charge in [-0.05, 0) is 30.9 Å². The van der Waals surface area contributed by atoms with E-state index in [-0.39, 0.29) is 6.10 Å². The molecule has 0 saturated heterocycles. The van der Waals surface area contributed by atoms with Crippen molar-refractivity contribution in [1.29, 1.82) is 0 Å². The molecule has 4 N–H and O–H groups in total. The molecule has 0 aromatic carbocycles. The van der Waals surface area contributed by atoms with E-state index in [0.717, 1.165) is 18.5 Å². The Morgan fingerprint density at radius 2 is 2.43 bits per heavy atom. The van der Waals surface area contributed by atoms with E-state index in [9.17, 15) is 5.11 Å². The van der Waals surface area contributed by atoms with Gasteiger partial charge in [-0.2, -0.15) is 0 Å². The van der Waals surface area contributed by atoms with Gasteiger partial charge in [0.2, 0.25) is 0 Å². The number of nitrogens with one attached hydrogen (secondary N) is 1. The maximum Gasteiger partial charge on any atom is 0.146 e. The summed E-state index contributed by atoms with van der Waals surface area (Å²) in [4.78, 5) is 3.95. The van der Waals surface area contributed by atoms with E-state index >= 15 is 0 Å². The SMILES string of the molecule is Nc1ncccc1NCC(O)C1CC1. The normalized spacial score (nSPS) is 17.8. The third-order valence-corrected chi connectivity index (χ3v) is 2.51. The number of hydrogen-bond acceptors (Lipinski definition) is 4. The largest absolute Gasteiger partial charge is 0.391 e. The second kappa shape index (κ2) is 3.84. The molecule has 1 atom stereocenters. The molecule has 1 aliphatic carbocycles. The number of hydrogen-bond donors (Lipinski definition) is 3. The lowest BCUT2D eigenvalue weighted by molar-refractivity contribution is 0.164. The Hall–Kier alpha value is -1.29. The van der Waals surface area contributed by atoms with Crippen LogP contribution in [0.4, 0.5) is 11.5 Å². The fraction of sp³-hybridized carbons (Fsp3) is 0.500. The molecule has 2 rings (SSSR count). The Labute approximate surface area is 83.2 Å². The monoisotopic (exact) mass is 193 g/mol. The van der Waals surface area contributed by atoms with E-state index in [1.807, 2.05) is 12.1 Å². The van der Waals surface area contributed by atoms with Gasteiger partial charge >= 0.3 is 0 Å². The highest BCUT2D eigenvalue weighted by Crippen LogP contribution is 2.32. The predicted octanol–water partition coefficient (Wildman–Crippen LogP) is 0.847. The molecular weight excluding hydrogens is 178 g/mol. The van der Waals surface area contributed by atoms with Gasteiger partial charge in [0.25, 0.3) is 0 Å². The highest BCUT2D eigenvalue weighted by Gasteiger charge is 2.29. The molecule has 1 heterocycles. The van der Waals surface area contributed by atoms with Crippen molar-refractivity contribution in [3.05, 3.63) is 18.3 Å². The van der Waals surface area contributed by atoms with Gasteiger partial charge in [0.15, 0.2) is 0 Å². The van der Waals surface area contributed by atoms with Gasteiger partial charge in [0, 0.05) is 12.7 Å². The van der Waals surface area contributed by atoms with Crippen molar-refractivity contribution in [2.45, 2.75) is 18.9 Å². The summed E-state index contributed by atoms with van der Waals surface area (Å²) in [5, 5.41) is 12.7. The number of rotatable bonds is 4. The summed E-state index contributed by atoms with van der Waals surface area (Å²) in [6, 6.07) is 3.68. The second-order valence-electron chi connectivity index (χ2n) is 3.72. The molecule has 1 aromatic rings. The minimum atomic E-state index is -0.255. The first kappa shape index (κ1) is 9.27. The topological polar surface area (TPSA) is 71.2 Å². The summed E-state index contributed by atoms with van der Waals surface area (Å²) in [7, 11) is 0. The van der Waals surface area contributed by atoms with Crippen LogP contribution < -0.4 is 11.1 Å². The maximum atomic E-state index is 9.62. The minimum Gasteiger partial charge on any atom is -0.391 e. The van der Waals surface area contributed by atoms with Crippen molar-refractivity contribution in [3.63, 3.8) is 0 Å². The Morgan fingerprint density at radius 3 is 3.07 bits per heavy atom. The van der Waals surface area contributed by atoms with Crippen LogP contribution >= 0.6 is 0 Å². The molecule has 1 fully saturated rings. The minimum absolute atomic E-state index is 0.255. The van der Waals surface area contributed by atoms with Crippen LogP contribution in [0.25, 0.3) is 0 Å². The zero-order chi connectivity index (χ0) is 9.97. The molecule has 1 unspecified atom stereocenters. The summed E-state index contributed by atoms with van der Waals surface area (Å²) in [5.41, 5.74) is 6.44. The lowest BCUT2D eigenvalue weighted by atomic mass is 10.2. The zero-order valence-corrected chi connectivity index (χ0v) is 7.98. The molecule has 1 aromatic heterocycles. The van der Waals surface area contributed by atoms with Crippen LogP contribution in [0.5, 0.6) is 0 Å². The number of nitrogen functional groups attached to an aromatic ring is 1. The molecule has 4 heteroatoms. The van der Waals surface area contributed by atoms with E-state index in [2.05, 4.69) is 10.3 Å². The summed E-state index contributed by atoms with van der Waals surface area (Å²) < 4.78 is 0. The predicted molar refractivity (Wildman–Crippen MR) is 55.9 cm³/mol. The molecule has 1 saturated carbocycles. The molecular formula is C10H15N3O. The highest BCUT2D eigenvalue weighted by atomic mass is 16.3. The van der Waals surface area contributed by atoms with E-state index in [1.165, 1.54) is 0 Å². The molecule has 0 aliphatic heterocycles. The van der Waals surface area contributed by atoms with Crippen LogP contribution in [-0.4, -0.2) is 22.7 Å². The Balaban J connectivity index is 1.87. The van der Waals surface area contributed by atoms with Gasteiger partial charge in [-0.1, -0.05) is 0 Å². The van der Waals surface area contributed by atoms with E-state index in [4.69, 9.17) is 5.73 Å². The van der Waals surface area contributed by atoms with Gasteiger partial charge in [-0.15, -0.1) is 0 Å². The number of nitrogens with zero attached hydrogens (tertiary/aromatic N) is 1. The van der Waals surface area contributed by atoms with Crippen LogP contribution in [0.15, 0.2) is 18.3 Å². The van der Waals surface area contributed by atoms with Crippen LogP contribution in [0.1, 0.15) is 12.8 Å². The zero-order valence-electron chi connectivity index (χ0n) is 7.98. The third kappa shape index (κ3) is 2.14. The molecule has 0 amide bonds. The van der Waals surface area contributed by atoms with E-state index in [1.54, 1.807) is 6.20 Å². The van der Waals surface area contributed by atoms with Gasteiger partial charge in [-0.25, -0.2) is 4.98 Å². The quantitative estimate of drug-likeness (QED) is 0.663. The number of pyridine rings is 1. The molecule has 4 nitrogen and oxygen atoms in total. The summed E-state index contributed by atoms with van der Waals surface area (Å²) in [5.74, 6) is 0.968. The van der Waals surface area contributed by atoms with Gasteiger partial charge in [0.1, 0.15) is 5.82 Å². The maximum absolute atomic E-state index is 9.62. The first-order chi connectivity index (χ1) is 6.77. The van der Waals surface area contributed by atoms with Crippen LogP contribution in [0.2, 0.25) is 0 Å². The first-order valence-corrected chi connectivity index (χ1v) is 4.90. The number of aliphatic hydroxyl groups excluding tert-OH is 1. The average Bonchev–Trinajstić information content (AvgIpc) is 2.99. The second-order valence-corrected chi connectivity index (χ2v) is 3.72. The van der Waals surface area contributed by atoms with Crippen molar-refractivity contribution in [3.8, 4) is 0 Å². The van der Waals surface area contributed by atoms with Gasteiger partial charge in [0.05, 0.1) is 11.8 Å².